The number of hydrogen-bond donors (Lipinski definition) is 0. The lowest BCUT2D eigenvalue weighted by Gasteiger charge is -2.25. The number of fused-ring (bicyclic) bond motifs is 1. The number of hydrogen-bond acceptors (Lipinski definition) is 2. The number of carbonyl (C=O) groups excluding carboxylic acids is 1. The van der Waals surface area contributed by atoms with Crippen LogP contribution in [0.2, 0.25) is 0 Å². The largest absolute Gasteiger partial charge is 0.423 e. The molecule has 0 saturated heterocycles. The maximum Gasteiger partial charge on any atom is 0.343 e. The molecule has 1 aliphatic rings. The first-order valence-corrected chi connectivity index (χ1v) is 12.6. The lowest BCUT2D eigenvalue weighted by atomic mass is 9.81. The van der Waals surface area contributed by atoms with E-state index in [2.05, 4.69) is 38.1 Å². The van der Waals surface area contributed by atoms with Gasteiger partial charge in [-0.2, -0.15) is 0 Å². The molecule has 0 N–H and O–H groups in total. The minimum Gasteiger partial charge on any atom is -0.423 e. The summed E-state index contributed by atoms with van der Waals surface area (Å²) in [4.78, 5) is 12.7. The van der Waals surface area contributed by atoms with Gasteiger partial charge in [0.2, 0.25) is 0 Å². The van der Waals surface area contributed by atoms with Gasteiger partial charge in [0.05, 0.1) is 5.56 Å². The van der Waals surface area contributed by atoms with Crippen molar-refractivity contribution in [2.24, 2.45) is 5.92 Å². The molecule has 31 heavy (non-hydrogen) atoms. The quantitative estimate of drug-likeness (QED) is 0.197. The zero-order valence-electron chi connectivity index (χ0n) is 19.6. The van der Waals surface area contributed by atoms with Gasteiger partial charge in [-0.1, -0.05) is 83.4 Å². The van der Waals surface area contributed by atoms with Gasteiger partial charge >= 0.3 is 5.97 Å². The van der Waals surface area contributed by atoms with Crippen LogP contribution in [0.5, 0.6) is 5.75 Å². The van der Waals surface area contributed by atoms with Crippen LogP contribution in [0.15, 0.2) is 42.5 Å². The summed E-state index contributed by atoms with van der Waals surface area (Å²) in [5.41, 5.74) is 4.74. The third-order valence-electron chi connectivity index (χ3n) is 6.69. The fourth-order valence-corrected chi connectivity index (χ4v) is 4.71. The first kappa shape index (κ1) is 23.6. The number of unbranched alkanes of at least 4 members (excludes halogenated alkanes) is 6. The molecule has 0 amide bonds. The monoisotopic (exact) mass is 420 g/mol. The summed E-state index contributed by atoms with van der Waals surface area (Å²) in [6.07, 6.45) is 16.4. The molecule has 0 heterocycles. The van der Waals surface area contributed by atoms with Gasteiger partial charge in [-0.15, -0.1) is 0 Å². The van der Waals surface area contributed by atoms with Crippen molar-refractivity contribution in [3.63, 3.8) is 0 Å². The molecule has 168 valence electrons. The van der Waals surface area contributed by atoms with E-state index in [1.165, 1.54) is 80.9 Å². The average Bonchev–Trinajstić information content (AvgIpc) is 2.80. The van der Waals surface area contributed by atoms with Crippen molar-refractivity contribution < 1.29 is 9.53 Å². The molecule has 2 aromatic carbocycles. The Labute approximate surface area is 189 Å². The normalized spacial score (nSPS) is 15.5. The molecule has 0 aliphatic heterocycles. The first-order valence-electron chi connectivity index (χ1n) is 12.6. The Morgan fingerprint density at radius 1 is 0.871 bits per heavy atom. The maximum atomic E-state index is 12.7. The highest BCUT2D eigenvalue weighted by Crippen LogP contribution is 2.30. The lowest BCUT2D eigenvalue weighted by molar-refractivity contribution is 0.0734. The molecule has 3 rings (SSSR count). The van der Waals surface area contributed by atoms with Crippen LogP contribution >= 0.6 is 0 Å². The molecule has 2 heteroatoms. The second-order valence-corrected chi connectivity index (χ2v) is 9.29. The summed E-state index contributed by atoms with van der Waals surface area (Å²) in [6, 6.07) is 14.2. The molecule has 0 saturated carbocycles. The Hall–Kier alpha value is -2.09. The van der Waals surface area contributed by atoms with E-state index < -0.39 is 0 Å². The van der Waals surface area contributed by atoms with Gasteiger partial charge in [0.15, 0.2) is 0 Å². The Bertz CT molecular complexity index is 806. The van der Waals surface area contributed by atoms with Crippen LogP contribution in [-0.4, -0.2) is 5.97 Å². The molecule has 0 radical (unpaired) electrons. The van der Waals surface area contributed by atoms with Crippen molar-refractivity contribution in [1.29, 1.82) is 0 Å². The Balaban J connectivity index is 1.50. The second-order valence-electron chi connectivity index (χ2n) is 9.29. The van der Waals surface area contributed by atoms with Crippen LogP contribution in [0.1, 0.15) is 105 Å². The van der Waals surface area contributed by atoms with Crippen LogP contribution in [0.4, 0.5) is 0 Å². The predicted octanol–water partition coefficient (Wildman–Crippen LogP) is 8.10. The second kappa shape index (κ2) is 12.7. The summed E-state index contributed by atoms with van der Waals surface area (Å²) < 4.78 is 5.64. The third-order valence-corrected chi connectivity index (χ3v) is 6.69. The van der Waals surface area contributed by atoms with Gasteiger partial charge in [-0.25, -0.2) is 4.79 Å². The van der Waals surface area contributed by atoms with Crippen molar-refractivity contribution in [2.75, 3.05) is 0 Å². The van der Waals surface area contributed by atoms with E-state index >= 15 is 0 Å². The van der Waals surface area contributed by atoms with E-state index in [9.17, 15) is 4.79 Å². The number of rotatable bonds is 12. The molecule has 0 aromatic heterocycles. The number of benzene rings is 2. The van der Waals surface area contributed by atoms with Gasteiger partial charge in [-0.05, 0) is 79.0 Å². The molecular formula is C29H40O2. The highest BCUT2D eigenvalue weighted by molar-refractivity contribution is 5.91. The van der Waals surface area contributed by atoms with E-state index in [-0.39, 0.29) is 5.97 Å². The van der Waals surface area contributed by atoms with Gasteiger partial charge in [0, 0.05) is 0 Å². The summed E-state index contributed by atoms with van der Waals surface area (Å²) in [7, 11) is 0. The van der Waals surface area contributed by atoms with E-state index in [0.717, 1.165) is 25.2 Å². The van der Waals surface area contributed by atoms with Crippen LogP contribution in [0, 0.1) is 5.92 Å². The summed E-state index contributed by atoms with van der Waals surface area (Å²) in [5.74, 6) is 1.19. The highest BCUT2D eigenvalue weighted by atomic mass is 16.5. The summed E-state index contributed by atoms with van der Waals surface area (Å²) in [6.45, 7) is 4.49. The molecule has 0 bridgehead atoms. The molecule has 2 nitrogen and oxygen atoms in total. The topological polar surface area (TPSA) is 26.3 Å². The van der Waals surface area contributed by atoms with Crippen molar-refractivity contribution >= 4 is 5.97 Å². The fraction of sp³-hybridized carbons (Fsp3) is 0.552. The van der Waals surface area contributed by atoms with E-state index in [4.69, 9.17) is 4.74 Å². The Kier molecular flexibility index (Phi) is 9.65. The minimum atomic E-state index is -0.250. The van der Waals surface area contributed by atoms with Gasteiger partial charge in [0.1, 0.15) is 5.75 Å². The van der Waals surface area contributed by atoms with Crippen molar-refractivity contribution in [2.45, 2.75) is 97.3 Å². The van der Waals surface area contributed by atoms with Gasteiger partial charge in [-0.3, -0.25) is 0 Å². The van der Waals surface area contributed by atoms with Gasteiger partial charge in [0.25, 0.3) is 0 Å². The fourth-order valence-electron chi connectivity index (χ4n) is 4.71. The highest BCUT2D eigenvalue weighted by Gasteiger charge is 2.20. The molecule has 1 atom stereocenters. The molecule has 0 fully saturated rings. The first-order chi connectivity index (χ1) is 15.2. The zero-order valence-corrected chi connectivity index (χ0v) is 19.6. The van der Waals surface area contributed by atoms with Crippen molar-refractivity contribution in [3.8, 4) is 5.75 Å². The van der Waals surface area contributed by atoms with Crippen LogP contribution in [0.25, 0.3) is 0 Å². The lowest BCUT2D eigenvalue weighted by Crippen LogP contribution is -2.16. The summed E-state index contributed by atoms with van der Waals surface area (Å²) >= 11 is 0. The number of ether oxygens (including phenoxy) is 1. The van der Waals surface area contributed by atoms with Crippen LogP contribution in [-0.2, 0) is 19.3 Å². The molecule has 1 aliphatic carbocycles. The van der Waals surface area contributed by atoms with E-state index in [0.29, 0.717) is 11.3 Å². The SMILES string of the molecule is CCCCCCCC1CCc2cc(C(=O)Oc3ccc(CCCCC)cc3)ccc2C1. The number of carbonyl (C=O) groups is 1. The smallest absolute Gasteiger partial charge is 0.343 e. The van der Waals surface area contributed by atoms with Crippen molar-refractivity contribution in [1.82, 2.24) is 0 Å². The van der Waals surface area contributed by atoms with Crippen molar-refractivity contribution in [3.05, 3.63) is 64.7 Å². The molecule has 2 aromatic rings. The minimum absolute atomic E-state index is 0.250. The standard InChI is InChI=1S/C29H40O2/c1-3-5-7-8-10-12-24-13-16-26-22-27(18-17-25(26)21-24)29(30)31-28-19-14-23(15-20-28)11-9-6-4-2/h14-15,17-20,22,24H,3-13,16,21H2,1-2H3. The van der Waals surface area contributed by atoms with Crippen LogP contribution < -0.4 is 4.74 Å². The molecule has 1 unspecified atom stereocenters. The maximum absolute atomic E-state index is 12.7. The number of aryl methyl sites for hydroxylation is 2. The number of esters is 1. The Morgan fingerprint density at radius 3 is 2.39 bits per heavy atom. The Morgan fingerprint density at radius 2 is 1.61 bits per heavy atom. The predicted molar refractivity (Wildman–Crippen MR) is 130 cm³/mol. The molecule has 0 spiro atoms. The van der Waals surface area contributed by atoms with E-state index in [1.54, 1.807) is 0 Å². The van der Waals surface area contributed by atoms with E-state index in [1.807, 2.05) is 18.2 Å². The molecular weight excluding hydrogens is 380 g/mol. The zero-order chi connectivity index (χ0) is 21.9. The third kappa shape index (κ3) is 7.52. The average molecular weight is 421 g/mol. The van der Waals surface area contributed by atoms with Gasteiger partial charge < -0.3 is 4.74 Å². The van der Waals surface area contributed by atoms with Crippen LogP contribution in [0.3, 0.4) is 0 Å². The summed E-state index contributed by atoms with van der Waals surface area (Å²) in [5, 5.41) is 0.